The Bertz CT molecular complexity index is 1130. The van der Waals surface area contributed by atoms with Gasteiger partial charge in [-0.3, -0.25) is 9.59 Å². The minimum Gasteiger partial charge on any atom is -0.306 e. The van der Waals surface area contributed by atoms with Gasteiger partial charge < -0.3 is 9.80 Å². The summed E-state index contributed by atoms with van der Waals surface area (Å²) in [5, 5.41) is 2.04. The molecule has 4 rings (SSSR count). The number of unbranched alkanes of at least 4 members (excludes halogenated alkanes) is 10. The number of nitrogens with zero attached hydrogens (tertiary/aromatic N) is 2. The van der Waals surface area contributed by atoms with Crippen molar-refractivity contribution in [1.29, 1.82) is 0 Å². The second-order valence-corrected chi connectivity index (χ2v) is 12.5. The molecule has 0 spiro atoms. The molecule has 6 heteroatoms. The summed E-state index contributed by atoms with van der Waals surface area (Å²) in [6.45, 7) is 7.89. The molecule has 0 bridgehead atoms. The summed E-state index contributed by atoms with van der Waals surface area (Å²) >= 11 is 3.29. The van der Waals surface area contributed by atoms with Crippen LogP contribution < -0.4 is 0 Å². The lowest BCUT2D eigenvalue weighted by atomic mass is 10.1. The molecule has 0 fully saturated rings. The average molecular weight is 539 g/mol. The van der Waals surface area contributed by atoms with E-state index in [1.807, 2.05) is 21.2 Å². The minimum absolute atomic E-state index is 0.00630. The van der Waals surface area contributed by atoms with Crippen molar-refractivity contribution in [3.05, 3.63) is 55.4 Å². The average Bonchev–Trinajstić information content (AvgIpc) is 3.67. The smallest absolute Gasteiger partial charge is 0.261 e. The fourth-order valence-electron chi connectivity index (χ4n) is 5.41. The Hall–Kier alpha value is -2.18. The first kappa shape index (κ1) is 27.8. The molecule has 0 saturated carbocycles. The summed E-state index contributed by atoms with van der Waals surface area (Å²) in [5.41, 5.74) is 2.94. The fraction of sp³-hybridized carbons (Fsp3) is 0.548. The Labute approximate surface area is 231 Å². The molecule has 0 atom stereocenters. The third kappa shape index (κ3) is 6.28. The summed E-state index contributed by atoms with van der Waals surface area (Å²) in [4.78, 5) is 35.2. The van der Waals surface area contributed by atoms with E-state index in [4.69, 9.17) is 0 Å². The summed E-state index contributed by atoms with van der Waals surface area (Å²) in [6, 6.07) is 8.24. The standard InChI is InChI=1S/C31H42N2O2S2/c1-4-6-8-10-12-14-20-32-28(24-17-16-22-36-24)26-27(31(32)35)29(25-19-18-23(3)37-25)33(30(26)34)21-15-13-11-9-7-5-2/h16-19,22H,4-15,20-21H2,1-3H3. The molecule has 2 amide bonds. The molecular formula is C31H42N2O2S2. The van der Waals surface area contributed by atoms with Crippen LogP contribution in [-0.2, 0) is 9.59 Å². The molecule has 4 nitrogen and oxygen atoms in total. The Morgan fingerprint density at radius 3 is 1.62 bits per heavy atom. The van der Waals surface area contributed by atoms with Crippen molar-refractivity contribution in [2.75, 3.05) is 13.1 Å². The van der Waals surface area contributed by atoms with E-state index in [0.717, 1.165) is 46.8 Å². The van der Waals surface area contributed by atoms with Crippen LogP contribution in [0.3, 0.4) is 0 Å². The number of amides is 2. The number of rotatable bonds is 16. The maximum atomic E-state index is 14.0. The third-order valence-corrected chi connectivity index (χ3v) is 9.26. The van der Waals surface area contributed by atoms with Crippen molar-refractivity contribution in [3.8, 4) is 0 Å². The van der Waals surface area contributed by atoms with E-state index in [2.05, 4.69) is 39.0 Å². The third-order valence-electron chi connectivity index (χ3n) is 7.38. The molecule has 200 valence electrons. The fourth-order valence-corrected chi connectivity index (χ4v) is 7.12. The van der Waals surface area contributed by atoms with E-state index >= 15 is 0 Å². The van der Waals surface area contributed by atoms with Crippen LogP contribution >= 0.6 is 22.7 Å². The first-order valence-corrected chi connectivity index (χ1v) is 16.0. The molecule has 0 unspecified atom stereocenters. The molecule has 2 aliphatic heterocycles. The molecule has 37 heavy (non-hydrogen) atoms. The van der Waals surface area contributed by atoms with Crippen molar-refractivity contribution in [2.24, 2.45) is 0 Å². The summed E-state index contributed by atoms with van der Waals surface area (Å²) < 4.78 is 0. The van der Waals surface area contributed by atoms with Gasteiger partial charge in [0.1, 0.15) is 0 Å². The summed E-state index contributed by atoms with van der Waals surface area (Å²) in [5.74, 6) is 0.0126. The zero-order valence-corrected chi connectivity index (χ0v) is 24.4. The van der Waals surface area contributed by atoms with Crippen LogP contribution in [0.1, 0.15) is 106 Å². The van der Waals surface area contributed by atoms with Crippen molar-refractivity contribution in [2.45, 2.75) is 97.8 Å². The van der Waals surface area contributed by atoms with Gasteiger partial charge in [-0.25, -0.2) is 0 Å². The van der Waals surface area contributed by atoms with Gasteiger partial charge in [0.15, 0.2) is 0 Å². The number of aryl methyl sites for hydroxylation is 1. The van der Waals surface area contributed by atoms with Crippen LogP contribution in [0.4, 0.5) is 0 Å². The van der Waals surface area contributed by atoms with E-state index in [1.165, 1.54) is 56.2 Å². The zero-order chi connectivity index (χ0) is 26.2. The largest absolute Gasteiger partial charge is 0.306 e. The molecule has 0 radical (unpaired) electrons. The summed E-state index contributed by atoms with van der Waals surface area (Å²) in [6.07, 6.45) is 14.1. The Kier molecular flexibility index (Phi) is 10.2. The van der Waals surface area contributed by atoms with Crippen LogP contribution in [0.25, 0.3) is 11.4 Å². The Morgan fingerprint density at radius 1 is 0.649 bits per heavy atom. The zero-order valence-electron chi connectivity index (χ0n) is 22.8. The lowest BCUT2D eigenvalue weighted by Crippen LogP contribution is -2.30. The van der Waals surface area contributed by atoms with Crippen LogP contribution in [0.5, 0.6) is 0 Å². The number of carbonyl (C=O) groups is 2. The quantitative estimate of drug-likeness (QED) is 0.201. The molecule has 0 saturated heterocycles. The normalized spacial score (nSPS) is 15.6. The van der Waals surface area contributed by atoms with Gasteiger partial charge in [-0.1, -0.05) is 84.1 Å². The Balaban J connectivity index is 1.63. The highest BCUT2D eigenvalue weighted by Gasteiger charge is 2.49. The van der Waals surface area contributed by atoms with Crippen molar-refractivity contribution >= 4 is 45.9 Å². The first-order valence-electron chi connectivity index (χ1n) is 14.3. The number of fused-ring (bicyclic) bond motifs is 1. The topological polar surface area (TPSA) is 40.6 Å². The van der Waals surface area contributed by atoms with Gasteiger partial charge >= 0.3 is 0 Å². The minimum atomic E-state index is 0.00630. The highest BCUT2D eigenvalue weighted by atomic mass is 32.1. The highest BCUT2D eigenvalue weighted by Crippen LogP contribution is 2.48. The van der Waals surface area contributed by atoms with E-state index in [9.17, 15) is 9.59 Å². The van der Waals surface area contributed by atoms with Crippen molar-refractivity contribution in [3.63, 3.8) is 0 Å². The highest BCUT2D eigenvalue weighted by molar-refractivity contribution is 7.13. The van der Waals surface area contributed by atoms with Crippen LogP contribution in [0.15, 0.2) is 40.8 Å². The molecule has 0 aromatic carbocycles. The van der Waals surface area contributed by atoms with E-state index in [1.54, 1.807) is 22.7 Å². The van der Waals surface area contributed by atoms with Gasteiger partial charge in [0.05, 0.1) is 32.3 Å². The van der Waals surface area contributed by atoms with Crippen LogP contribution in [0, 0.1) is 6.92 Å². The number of carbonyl (C=O) groups excluding carboxylic acids is 2. The molecule has 0 aliphatic carbocycles. The van der Waals surface area contributed by atoms with Gasteiger partial charge in [0, 0.05) is 18.0 Å². The van der Waals surface area contributed by atoms with E-state index in [0.29, 0.717) is 24.2 Å². The molecule has 2 aromatic heterocycles. The molecule has 4 heterocycles. The number of thiophene rings is 2. The molecule has 2 aliphatic rings. The van der Waals surface area contributed by atoms with Crippen molar-refractivity contribution in [1.82, 2.24) is 9.80 Å². The predicted molar refractivity (Wildman–Crippen MR) is 157 cm³/mol. The molecule has 0 N–H and O–H groups in total. The van der Waals surface area contributed by atoms with Gasteiger partial charge in [-0.05, 0) is 43.3 Å². The second-order valence-electron chi connectivity index (χ2n) is 10.3. The van der Waals surface area contributed by atoms with Crippen LogP contribution in [0.2, 0.25) is 0 Å². The second kappa shape index (κ2) is 13.6. The van der Waals surface area contributed by atoms with Crippen molar-refractivity contribution < 1.29 is 9.59 Å². The number of hydrogen-bond acceptors (Lipinski definition) is 4. The first-order chi connectivity index (χ1) is 18.1. The maximum absolute atomic E-state index is 14.0. The monoisotopic (exact) mass is 538 g/mol. The van der Waals surface area contributed by atoms with Gasteiger partial charge in [-0.15, -0.1) is 22.7 Å². The lowest BCUT2D eigenvalue weighted by Gasteiger charge is -2.24. The SMILES string of the molecule is CCCCCCCCN1C(=O)C2=C(c3ccc(C)s3)N(CCCCCCCC)C(=O)C2=C1c1cccs1. The van der Waals surface area contributed by atoms with Gasteiger partial charge in [-0.2, -0.15) is 0 Å². The van der Waals surface area contributed by atoms with E-state index in [-0.39, 0.29) is 11.8 Å². The van der Waals surface area contributed by atoms with Gasteiger partial charge in [0.25, 0.3) is 11.8 Å². The molecular weight excluding hydrogens is 496 g/mol. The van der Waals surface area contributed by atoms with Gasteiger partial charge in [0.2, 0.25) is 0 Å². The summed E-state index contributed by atoms with van der Waals surface area (Å²) in [7, 11) is 0. The molecule has 2 aromatic rings. The predicted octanol–water partition coefficient (Wildman–Crippen LogP) is 8.65. The number of hydrogen-bond donors (Lipinski definition) is 0. The maximum Gasteiger partial charge on any atom is 0.261 e. The Morgan fingerprint density at radius 2 is 1.16 bits per heavy atom. The lowest BCUT2D eigenvalue weighted by molar-refractivity contribution is -0.124. The van der Waals surface area contributed by atoms with E-state index < -0.39 is 0 Å². The van der Waals surface area contributed by atoms with Crippen LogP contribution in [-0.4, -0.2) is 34.7 Å².